The molecule has 0 saturated carbocycles. The standard InChI is InChI=1S/C6H10O2.Cr/c1-3-6(8)4-5(2)7;/h3-4H2,1-2H3;. The van der Waals surface area contributed by atoms with Crippen LogP contribution in [0.2, 0.25) is 0 Å². The summed E-state index contributed by atoms with van der Waals surface area (Å²) < 4.78 is 0. The molecule has 0 bridgehead atoms. The Morgan fingerprint density at radius 2 is 1.78 bits per heavy atom. The molecule has 0 unspecified atom stereocenters. The second-order valence-electron chi connectivity index (χ2n) is 1.77. The average Bonchev–Trinajstić information content (AvgIpc) is 1.65. The van der Waals surface area contributed by atoms with Crippen molar-refractivity contribution in [3.05, 3.63) is 0 Å². The van der Waals surface area contributed by atoms with Gasteiger partial charge in [-0.1, -0.05) is 6.92 Å². The van der Waals surface area contributed by atoms with Crippen molar-refractivity contribution >= 4 is 11.6 Å². The second-order valence-corrected chi connectivity index (χ2v) is 1.77. The first-order chi connectivity index (χ1) is 3.66. The normalized spacial score (nSPS) is 7.78. The molecular weight excluding hydrogens is 156 g/mol. The molecule has 0 atom stereocenters. The van der Waals surface area contributed by atoms with E-state index in [4.69, 9.17) is 0 Å². The fourth-order valence-corrected chi connectivity index (χ4v) is 0.403. The van der Waals surface area contributed by atoms with Gasteiger partial charge in [-0.05, 0) is 6.92 Å². The van der Waals surface area contributed by atoms with E-state index in [1.807, 2.05) is 0 Å². The molecule has 3 heteroatoms. The first kappa shape index (κ1) is 11.6. The van der Waals surface area contributed by atoms with E-state index in [0.717, 1.165) is 0 Å². The van der Waals surface area contributed by atoms with Gasteiger partial charge in [0.05, 0.1) is 6.42 Å². The quantitative estimate of drug-likeness (QED) is 0.585. The van der Waals surface area contributed by atoms with E-state index in [9.17, 15) is 9.59 Å². The fourth-order valence-electron chi connectivity index (χ4n) is 0.403. The topological polar surface area (TPSA) is 34.1 Å². The molecular formula is C6H10CrO2. The Bertz CT molecular complexity index is 110. The largest absolute Gasteiger partial charge is 0.300 e. The summed E-state index contributed by atoms with van der Waals surface area (Å²) in [5, 5.41) is 0. The van der Waals surface area contributed by atoms with E-state index in [1.165, 1.54) is 6.92 Å². The summed E-state index contributed by atoms with van der Waals surface area (Å²) >= 11 is 0. The Kier molecular flexibility index (Phi) is 7.76. The van der Waals surface area contributed by atoms with Crippen LogP contribution >= 0.6 is 0 Å². The number of carbonyl (C=O) groups is 2. The van der Waals surface area contributed by atoms with E-state index in [0.29, 0.717) is 6.42 Å². The van der Waals surface area contributed by atoms with Gasteiger partial charge >= 0.3 is 0 Å². The van der Waals surface area contributed by atoms with Gasteiger partial charge in [-0.2, -0.15) is 0 Å². The molecule has 2 nitrogen and oxygen atoms in total. The van der Waals surface area contributed by atoms with Crippen LogP contribution in [0.15, 0.2) is 0 Å². The summed E-state index contributed by atoms with van der Waals surface area (Å²) in [7, 11) is 0. The smallest absolute Gasteiger partial charge is 0.139 e. The molecule has 0 aliphatic rings. The van der Waals surface area contributed by atoms with Crippen molar-refractivity contribution in [2.45, 2.75) is 26.7 Å². The van der Waals surface area contributed by atoms with E-state index < -0.39 is 0 Å². The third-order valence-electron chi connectivity index (χ3n) is 0.840. The van der Waals surface area contributed by atoms with Crippen molar-refractivity contribution in [2.24, 2.45) is 0 Å². The Morgan fingerprint density at radius 1 is 1.33 bits per heavy atom. The average molecular weight is 166 g/mol. The van der Waals surface area contributed by atoms with Crippen molar-refractivity contribution in [1.82, 2.24) is 0 Å². The van der Waals surface area contributed by atoms with Gasteiger partial charge in [-0.25, -0.2) is 0 Å². The molecule has 0 aromatic carbocycles. The van der Waals surface area contributed by atoms with E-state index in [-0.39, 0.29) is 35.3 Å². The third kappa shape index (κ3) is 7.87. The minimum Gasteiger partial charge on any atom is -0.300 e. The molecule has 0 fully saturated rings. The molecule has 0 spiro atoms. The Hall–Kier alpha value is -0.128. The Morgan fingerprint density at radius 3 is 1.89 bits per heavy atom. The Labute approximate surface area is 65.8 Å². The summed E-state index contributed by atoms with van der Waals surface area (Å²) in [5.41, 5.74) is 0. The minimum atomic E-state index is -0.0446. The minimum absolute atomic E-state index is 0. The fraction of sp³-hybridized carbons (Fsp3) is 0.667. The van der Waals surface area contributed by atoms with Gasteiger partial charge in [-0.3, -0.25) is 9.59 Å². The van der Waals surface area contributed by atoms with E-state index in [1.54, 1.807) is 6.92 Å². The number of hydrogen-bond acceptors (Lipinski definition) is 2. The zero-order valence-electron chi connectivity index (χ0n) is 5.64. The number of Topliss-reactive ketones (excluding diaryl/α,β-unsaturated/α-hetero) is 2. The van der Waals surface area contributed by atoms with Crippen LogP contribution < -0.4 is 0 Å². The first-order valence-electron chi connectivity index (χ1n) is 2.68. The maximum atomic E-state index is 10.4. The maximum Gasteiger partial charge on any atom is 0.139 e. The number of rotatable bonds is 3. The molecule has 0 aromatic heterocycles. The van der Waals surface area contributed by atoms with Crippen LogP contribution in [0.1, 0.15) is 26.7 Å². The van der Waals surface area contributed by atoms with Gasteiger partial charge in [0.2, 0.25) is 0 Å². The van der Waals surface area contributed by atoms with Gasteiger partial charge in [-0.15, -0.1) is 0 Å². The van der Waals surface area contributed by atoms with Crippen molar-refractivity contribution in [2.75, 3.05) is 0 Å². The van der Waals surface area contributed by atoms with Gasteiger partial charge in [0, 0.05) is 23.8 Å². The van der Waals surface area contributed by atoms with Crippen LogP contribution in [0.5, 0.6) is 0 Å². The SMILES string of the molecule is CCC(=O)CC(C)=O.[Cr]. The summed E-state index contributed by atoms with van der Waals surface area (Å²) in [6.45, 7) is 3.18. The number of carbonyl (C=O) groups excluding carboxylic acids is 2. The summed E-state index contributed by atoms with van der Waals surface area (Å²) in [6.07, 6.45) is 0.579. The summed E-state index contributed by atoms with van der Waals surface area (Å²) in [4.78, 5) is 20.6. The van der Waals surface area contributed by atoms with Crippen molar-refractivity contribution in [3.8, 4) is 0 Å². The zero-order chi connectivity index (χ0) is 6.57. The van der Waals surface area contributed by atoms with Crippen molar-refractivity contribution in [3.63, 3.8) is 0 Å². The maximum absolute atomic E-state index is 10.4. The molecule has 9 heavy (non-hydrogen) atoms. The molecule has 52 valence electrons. The molecule has 0 aliphatic carbocycles. The second kappa shape index (κ2) is 6.00. The van der Waals surface area contributed by atoms with Gasteiger partial charge < -0.3 is 0 Å². The molecule has 0 N–H and O–H groups in total. The van der Waals surface area contributed by atoms with Gasteiger partial charge in [0.15, 0.2) is 0 Å². The first-order valence-corrected chi connectivity index (χ1v) is 2.68. The molecule has 0 aromatic rings. The molecule has 0 heterocycles. The van der Waals surface area contributed by atoms with E-state index in [2.05, 4.69) is 0 Å². The predicted molar refractivity (Wildman–Crippen MR) is 30.6 cm³/mol. The van der Waals surface area contributed by atoms with Crippen LogP contribution in [-0.4, -0.2) is 11.6 Å². The van der Waals surface area contributed by atoms with Gasteiger partial charge in [0.1, 0.15) is 11.6 Å². The molecule has 0 amide bonds. The van der Waals surface area contributed by atoms with Crippen LogP contribution in [0.25, 0.3) is 0 Å². The molecule has 0 radical (unpaired) electrons. The van der Waals surface area contributed by atoms with Crippen LogP contribution in [0.3, 0.4) is 0 Å². The van der Waals surface area contributed by atoms with Crippen molar-refractivity contribution < 1.29 is 27.0 Å². The monoisotopic (exact) mass is 166 g/mol. The van der Waals surface area contributed by atoms with Crippen LogP contribution in [0.4, 0.5) is 0 Å². The molecule has 0 saturated heterocycles. The third-order valence-corrected chi connectivity index (χ3v) is 0.840. The zero-order valence-corrected chi connectivity index (χ0v) is 6.91. The number of hydrogen-bond donors (Lipinski definition) is 0. The number of ketones is 2. The molecule has 0 aliphatic heterocycles. The van der Waals surface area contributed by atoms with Gasteiger partial charge in [0.25, 0.3) is 0 Å². The van der Waals surface area contributed by atoms with Crippen molar-refractivity contribution in [1.29, 1.82) is 0 Å². The predicted octanol–water partition coefficient (Wildman–Crippen LogP) is 0.942. The summed E-state index contributed by atoms with van der Waals surface area (Å²) in [5.74, 6) is -0.0191. The summed E-state index contributed by atoms with van der Waals surface area (Å²) in [6, 6.07) is 0. The molecule has 0 rings (SSSR count). The van der Waals surface area contributed by atoms with E-state index >= 15 is 0 Å². The Balaban J connectivity index is 0. The van der Waals surface area contributed by atoms with Crippen LogP contribution in [-0.2, 0) is 27.0 Å². The van der Waals surface area contributed by atoms with Crippen LogP contribution in [0, 0.1) is 0 Å².